The fraction of sp³-hybridized carbons (Fsp3) is 0.333. The number of hydrogen-bond acceptors (Lipinski definition) is 5. The summed E-state index contributed by atoms with van der Waals surface area (Å²) < 4.78 is 38.2. The molecule has 0 radical (unpaired) electrons. The third kappa shape index (κ3) is 2.70. The van der Waals surface area contributed by atoms with Crippen LogP contribution in [0.3, 0.4) is 0 Å². The van der Waals surface area contributed by atoms with Gasteiger partial charge in [0.25, 0.3) is 0 Å². The molecule has 0 amide bonds. The number of aromatic hydroxyl groups is 1. The van der Waals surface area contributed by atoms with Gasteiger partial charge in [0.2, 0.25) is 0 Å². The van der Waals surface area contributed by atoms with E-state index in [-0.39, 0.29) is 18.5 Å². The molecule has 2 rings (SSSR count). The van der Waals surface area contributed by atoms with Crippen molar-refractivity contribution in [1.82, 2.24) is 0 Å². The van der Waals surface area contributed by atoms with E-state index in [4.69, 9.17) is 9.29 Å². The number of ether oxygens (including phenoxy) is 1. The van der Waals surface area contributed by atoms with Crippen LogP contribution in [0, 0.1) is 0 Å². The van der Waals surface area contributed by atoms with Crippen LogP contribution < -0.4 is 0 Å². The number of phenols is 1. The second-order valence-electron chi connectivity index (χ2n) is 3.37. The van der Waals surface area contributed by atoms with E-state index in [2.05, 4.69) is 4.18 Å². The van der Waals surface area contributed by atoms with Gasteiger partial charge in [-0.05, 0) is 6.07 Å². The minimum Gasteiger partial charge on any atom is -0.508 e. The van der Waals surface area contributed by atoms with Crippen molar-refractivity contribution in [1.29, 1.82) is 0 Å². The van der Waals surface area contributed by atoms with Gasteiger partial charge in [-0.1, -0.05) is 18.2 Å². The van der Waals surface area contributed by atoms with Gasteiger partial charge in [-0.25, -0.2) is 4.18 Å². The summed E-state index contributed by atoms with van der Waals surface area (Å²) in [7, 11) is -4.44. The van der Waals surface area contributed by atoms with Gasteiger partial charge in [0.15, 0.2) is 0 Å². The van der Waals surface area contributed by atoms with E-state index in [1.807, 2.05) is 0 Å². The second kappa shape index (κ2) is 4.02. The lowest BCUT2D eigenvalue weighted by molar-refractivity contribution is 0.234. The summed E-state index contributed by atoms with van der Waals surface area (Å²) in [4.78, 5) is 0. The predicted molar refractivity (Wildman–Crippen MR) is 53.2 cm³/mol. The molecule has 0 aromatic heterocycles. The Morgan fingerprint density at radius 3 is 2.69 bits per heavy atom. The molecule has 2 atom stereocenters. The van der Waals surface area contributed by atoms with Crippen molar-refractivity contribution in [3.05, 3.63) is 29.8 Å². The van der Waals surface area contributed by atoms with Crippen molar-refractivity contribution in [2.45, 2.75) is 12.2 Å². The first kappa shape index (κ1) is 11.3. The third-order valence-corrected chi connectivity index (χ3v) is 2.64. The summed E-state index contributed by atoms with van der Waals surface area (Å²) in [5.41, 5.74) is 0.575. The highest BCUT2D eigenvalue weighted by Gasteiger charge is 2.42. The maximum absolute atomic E-state index is 10.3. The zero-order valence-corrected chi connectivity index (χ0v) is 8.92. The minimum atomic E-state index is -4.44. The Morgan fingerprint density at radius 1 is 1.38 bits per heavy atom. The maximum Gasteiger partial charge on any atom is 0.397 e. The summed E-state index contributed by atoms with van der Waals surface area (Å²) in [5, 5.41) is 9.48. The average Bonchev–Trinajstić information content (AvgIpc) is 2.94. The van der Waals surface area contributed by atoms with Crippen molar-refractivity contribution in [3.8, 4) is 5.75 Å². The molecule has 0 aliphatic carbocycles. The van der Waals surface area contributed by atoms with Gasteiger partial charge in [0.05, 0.1) is 6.61 Å². The summed E-state index contributed by atoms with van der Waals surface area (Å²) in [6, 6.07) is 6.59. The van der Waals surface area contributed by atoms with Crippen LogP contribution in [0.1, 0.15) is 11.7 Å². The van der Waals surface area contributed by atoms with Crippen molar-refractivity contribution in [2.75, 3.05) is 6.61 Å². The molecule has 2 unspecified atom stereocenters. The lowest BCUT2D eigenvalue weighted by atomic mass is 10.1. The van der Waals surface area contributed by atoms with Gasteiger partial charge in [-0.15, -0.1) is 0 Å². The molecule has 2 N–H and O–H groups in total. The maximum atomic E-state index is 10.3. The van der Waals surface area contributed by atoms with Crippen molar-refractivity contribution >= 4 is 10.4 Å². The molecule has 1 aromatic carbocycles. The van der Waals surface area contributed by atoms with Gasteiger partial charge in [0.1, 0.15) is 18.0 Å². The lowest BCUT2D eigenvalue weighted by Crippen LogP contribution is -2.09. The van der Waals surface area contributed by atoms with Gasteiger partial charge in [-0.2, -0.15) is 8.42 Å². The molecule has 1 heterocycles. The Hall–Kier alpha value is -1.15. The Morgan fingerprint density at radius 2 is 2.06 bits per heavy atom. The Kier molecular flexibility index (Phi) is 2.85. The second-order valence-corrected chi connectivity index (χ2v) is 4.46. The van der Waals surface area contributed by atoms with Crippen LogP contribution in [0.15, 0.2) is 24.3 Å². The van der Waals surface area contributed by atoms with Gasteiger partial charge >= 0.3 is 10.4 Å². The third-order valence-electron chi connectivity index (χ3n) is 2.21. The van der Waals surface area contributed by atoms with Crippen molar-refractivity contribution in [2.24, 2.45) is 0 Å². The van der Waals surface area contributed by atoms with Gasteiger partial charge in [-0.3, -0.25) is 4.55 Å². The smallest absolute Gasteiger partial charge is 0.397 e. The molecular weight excluding hydrogens is 236 g/mol. The normalized spacial score (nSPS) is 24.3. The molecule has 1 aliphatic heterocycles. The molecule has 0 saturated carbocycles. The van der Waals surface area contributed by atoms with Crippen molar-refractivity contribution < 1.29 is 27.0 Å². The molecular formula is C9H10O6S. The molecule has 1 fully saturated rings. The van der Waals surface area contributed by atoms with E-state index >= 15 is 0 Å². The SMILES string of the molecule is O=S(=O)(O)OCC1OC1c1ccccc1O. The number of benzene rings is 1. The largest absolute Gasteiger partial charge is 0.508 e. The zero-order chi connectivity index (χ0) is 11.8. The van der Waals surface area contributed by atoms with Crippen LogP contribution in [0.5, 0.6) is 5.75 Å². The first-order valence-corrected chi connectivity index (χ1v) is 5.89. The zero-order valence-electron chi connectivity index (χ0n) is 8.11. The van der Waals surface area contributed by atoms with Crippen LogP contribution in [-0.2, 0) is 19.3 Å². The van der Waals surface area contributed by atoms with E-state index < -0.39 is 16.5 Å². The van der Waals surface area contributed by atoms with Crippen LogP contribution in [0.25, 0.3) is 0 Å². The standard InChI is InChI=1S/C9H10O6S/c10-7-4-2-1-3-6(7)9-8(15-9)5-14-16(11,12)13/h1-4,8-10H,5H2,(H,11,12,13). The number of epoxide rings is 1. The highest BCUT2D eigenvalue weighted by molar-refractivity contribution is 7.80. The van der Waals surface area contributed by atoms with E-state index in [9.17, 15) is 13.5 Å². The van der Waals surface area contributed by atoms with E-state index in [0.717, 1.165) is 0 Å². The molecule has 0 bridgehead atoms. The van der Waals surface area contributed by atoms with Crippen LogP contribution in [0.4, 0.5) is 0 Å². The Balaban J connectivity index is 1.95. The topological polar surface area (TPSA) is 96.4 Å². The number of hydrogen-bond donors (Lipinski definition) is 2. The van der Waals surface area contributed by atoms with E-state index in [0.29, 0.717) is 5.56 Å². The van der Waals surface area contributed by atoms with Gasteiger partial charge < -0.3 is 9.84 Å². The highest BCUT2D eigenvalue weighted by Crippen LogP contribution is 2.42. The molecule has 6 nitrogen and oxygen atoms in total. The quantitative estimate of drug-likeness (QED) is 0.598. The Labute approximate surface area is 92.4 Å². The number of rotatable bonds is 4. The van der Waals surface area contributed by atoms with Gasteiger partial charge in [0, 0.05) is 5.56 Å². The van der Waals surface area contributed by atoms with Crippen LogP contribution in [-0.4, -0.2) is 30.8 Å². The molecule has 88 valence electrons. The lowest BCUT2D eigenvalue weighted by Gasteiger charge is -1.99. The summed E-state index contributed by atoms with van der Waals surface area (Å²) in [5.74, 6) is 0.0851. The van der Waals surface area contributed by atoms with E-state index in [1.54, 1.807) is 18.2 Å². The van der Waals surface area contributed by atoms with Crippen LogP contribution >= 0.6 is 0 Å². The average molecular weight is 246 g/mol. The summed E-state index contributed by atoms with van der Waals surface area (Å²) in [6.45, 7) is -0.266. The highest BCUT2D eigenvalue weighted by atomic mass is 32.3. The summed E-state index contributed by atoms with van der Waals surface area (Å²) >= 11 is 0. The number of phenolic OH excluding ortho intramolecular Hbond substituents is 1. The fourth-order valence-corrected chi connectivity index (χ4v) is 1.73. The molecule has 0 spiro atoms. The molecule has 1 aromatic rings. The predicted octanol–water partition coefficient (Wildman–Crippen LogP) is 0.651. The number of para-hydroxylation sites is 1. The molecule has 16 heavy (non-hydrogen) atoms. The van der Waals surface area contributed by atoms with Crippen molar-refractivity contribution in [3.63, 3.8) is 0 Å². The first-order valence-electron chi connectivity index (χ1n) is 4.52. The molecule has 1 aliphatic rings. The minimum absolute atomic E-state index is 0.0851. The monoisotopic (exact) mass is 246 g/mol. The molecule has 1 saturated heterocycles. The Bertz CT molecular complexity index is 483. The summed E-state index contributed by atoms with van der Waals surface area (Å²) in [6.07, 6.45) is -0.849. The molecule has 7 heteroatoms. The van der Waals surface area contributed by atoms with Crippen LogP contribution in [0.2, 0.25) is 0 Å². The fourth-order valence-electron chi connectivity index (χ4n) is 1.42. The first-order chi connectivity index (χ1) is 7.47. The van der Waals surface area contributed by atoms with E-state index in [1.165, 1.54) is 6.07 Å².